The van der Waals surface area contributed by atoms with Gasteiger partial charge in [0.1, 0.15) is 5.75 Å². The second-order valence-corrected chi connectivity index (χ2v) is 7.29. The summed E-state index contributed by atoms with van der Waals surface area (Å²) in [5, 5.41) is 13.8. The lowest BCUT2D eigenvalue weighted by Gasteiger charge is -2.32. The molecule has 0 aromatic heterocycles. The fraction of sp³-hybridized carbons (Fsp3) is 0.0909. The average Bonchev–Trinajstić information content (AvgIpc) is 2.75. The summed E-state index contributed by atoms with van der Waals surface area (Å²) < 4.78 is 12.8. The molecular weight excluding hydrogens is 436 g/mol. The summed E-state index contributed by atoms with van der Waals surface area (Å²) in [6, 6.07) is 21.6. The van der Waals surface area contributed by atoms with Gasteiger partial charge in [0.15, 0.2) is 17.6 Å². The highest BCUT2D eigenvalue weighted by atomic mass is 79.9. The first kappa shape index (κ1) is 19.0. The Bertz CT molecular complexity index is 1060. The molecule has 0 aliphatic carbocycles. The number of ether oxygens (including phenoxy) is 2. The number of phenolic OH excluding ortho intramolecular Hbond substituents is 1. The number of nitrogens with one attached hydrogen (secondary N) is 1. The lowest BCUT2D eigenvalue weighted by atomic mass is 10.0. The minimum Gasteiger partial charge on any atom is -0.507 e. The molecule has 2 N–H and O–H groups in total. The Hall–Kier alpha value is -3.32. The lowest BCUT2D eigenvalue weighted by molar-refractivity contribution is -0.134. The smallest absolute Gasteiger partial charge is 0.285 e. The van der Waals surface area contributed by atoms with Crippen molar-refractivity contribution in [3.8, 4) is 17.2 Å². The van der Waals surface area contributed by atoms with Gasteiger partial charge in [-0.3, -0.25) is 4.79 Å². The maximum atomic E-state index is 12.8. The molecule has 29 heavy (non-hydrogen) atoms. The third-order valence-electron chi connectivity index (χ3n) is 4.39. The van der Waals surface area contributed by atoms with Crippen molar-refractivity contribution >= 4 is 28.1 Å². The number of carbonyl (C=O) groups excluding carboxylic acids is 1. The molecule has 146 valence electrons. The highest BCUT2D eigenvalue weighted by Crippen LogP contribution is 2.39. The van der Waals surface area contributed by atoms with Crippen LogP contribution in [0.2, 0.25) is 0 Å². The fourth-order valence-corrected chi connectivity index (χ4v) is 3.36. The van der Waals surface area contributed by atoms with Crippen molar-refractivity contribution in [1.29, 1.82) is 0 Å². The van der Waals surface area contributed by atoms with E-state index in [1.165, 1.54) is 12.3 Å². The average molecular weight is 453 g/mol. The van der Waals surface area contributed by atoms with Crippen LogP contribution in [-0.4, -0.2) is 23.3 Å². The summed E-state index contributed by atoms with van der Waals surface area (Å²) >= 11 is 3.33. The molecule has 1 heterocycles. The number of carbonyl (C=O) groups is 1. The number of amides is 1. The van der Waals surface area contributed by atoms with E-state index >= 15 is 0 Å². The Morgan fingerprint density at radius 3 is 2.45 bits per heavy atom. The zero-order valence-electron chi connectivity index (χ0n) is 15.2. The van der Waals surface area contributed by atoms with Gasteiger partial charge in [0.05, 0.1) is 6.21 Å². The summed E-state index contributed by atoms with van der Waals surface area (Å²) in [5.74, 6) is 0.667. The SMILES string of the molecule is O=C(N/N=C\c1cc(Br)ccc1O)[C@@H]1Oc2ccccc2O[C@@H]1c1ccccc1. The Morgan fingerprint density at radius 2 is 1.69 bits per heavy atom. The van der Waals surface area contributed by atoms with E-state index in [0.717, 1.165) is 10.0 Å². The van der Waals surface area contributed by atoms with Gasteiger partial charge in [0, 0.05) is 10.0 Å². The van der Waals surface area contributed by atoms with Crippen LogP contribution in [0.3, 0.4) is 0 Å². The molecule has 0 spiro atoms. The standard InChI is InChI=1S/C22H17BrN2O4/c23-16-10-11-17(26)15(12-16)13-24-25-22(27)21-20(14-6-2-1-3-7-14)28-18-8-4-5-9-19(18)29-21/h1-13,20-21,26H,(H,25,27)/b24-13-/t20-,21-/m1/s1. The van der Waals surface area contributed by atoms with Crippen molar-refractivity contribution in [3.63, 3.8) is 0 Å². The number of para-hydroxylation sites is 2. The van der Waals surface area contributed by atoms with Crippen LogP contribution >= 0.6 is 15.9 Å². The fourth-order valence-electron chi connectivity index (χ4n) is 2.98. The Balaban J connectivity index is 1.56. The van der Waals surface area contributed by atoms with Gasteiger partial charge in [0.2, 0.25) is 6.10 Å². The first-order chi connectivity index (χ1) is 14.1. The van der Waals surface area contributed by atoms with Crippen molar-refractivity contribution in [3.05, 3.63) is 88.4 Å². The summed E-state index contributed by atoms with van der Waals surface area (Å²) in [4.78, 5) is 12.8. The number of hydrogen-bond acceptors (Lipinski definition) is 5. The van der Waals surface area contributed by atoms with Crippen molar-refractivity contribution in [2.24, 2.45) is 5.10 Å². The van der Waals surface area contributed by atoms with Crippen LogP contribution in [-0.2, 0) is 4.79 Å². The van der Waals surface area contributed by atoms with Gasteiger partial charge in [-0.2, -0.15) is 5.10 Å². The molecule has 0 saturated carbocycles. The van der Waals surface area contributed by atoms with Crippen LogP contribution in [0.1, 0.15) is 17.2 Å². The van der Waals surface area contributed by atoms with Gasteiger partial charge in [-0.25, -0.2) is 5.43 Å². The largest absolute Gasteiger partial charge is 0.507 e. The van der Waals surface area contributed by atoms with Gasteiger partial charge >= 0.3 is 0 Å². The van der Waals surface area contributed by atoms with Crippen molar-refractivity contribution < 1.29 is 19.4 Å². The number of aromatic hydroxyl groups is 1. The number of hydrazone groups is 1. The maximum Gasteiger partial charge on any atom is 0.285 e. The molecule has 1 amide bonds. The zero-order valence-corrected chi connectivity index (χ0v) is 16.7. The molecule has 1 aliphatic rings. The number of phenols is 1. The molecule has 3 aromatic carbocycles. The summed E-state index contributed by atoms with van der Waals surface area (Å²) in [6.07, 6.45) is -0.186. The monoisotopic (exact) mass is 452 g/mol. The van der Waals surface area contributed by atoms with Crippen LogP contribution in [0.25, 0.3) is 0 Å². The van der Waals surface area contributed by atoms with Gasteiger partial charge in [-0.15, -0.1) is 0 Å². The molecule has 0 radical (unpaired) electrons. The minimum absolute atomic E-state index is 0.0551. The van der Waals surface area contributed by atoms with Crippen LogP contribution in [0, 0.1) is 0 Å². The van der Waals surface area contributed by atoms with Gasteiger partial charge < -0.3 is 14.6 Å². The van der Waals surface area contributed by atoms with E-state index in [0.29, 0.717) is 17.1 Å². The van der Waals surface area contributed by atoms with Gasteiger partial charge in [-0.1, -0.05) is 58.4 Å². The topological polar surface area (TPSA) is 80.2 Å². The van der Waals surface area contributed by atoms with Crippen molar-refractivity contribution in [1.82, 2.24) is 5.43 Å². The van der Waals surface area contributed by atoms with Crippen LogP contribution < -0.4 is 14.9 Å². The maximum absolute atomic E-state index is 12.8. The number of fused-ring (bicyclic) bond motifs is 1. The van der Waals surface area contributed by atoms with Gasteiger partial charge in [0.25, 0.3) is 5.91 Å². The third kappa shape index (κ3) is 4.25. The minimum atomic E-state index is -0.930. The predicted octanol–water partition coefficient (Wildman–Crippen LogP) is 4.19. The second-order valence-electron chi connectivity index (χ2n) is 6.37. The van der Waals surface area contributed by atoms with E-state index in [1.807, 2.05) is 42.5 Å². The molecule has 0 bridgehead atoms. The van der Waals surface area contributed by atoms with E-state index in [2.05, 4.69) is 26.5 Å². The van der Waals surface area contributed by atoms with Crippen molar-refractivity contribution in [2.75, 3.05) is 0 Å². The molecule has 2 atom stereocenters. The number of benzene rings is 3. The predicted molar refractivity (Wildman–Crippen MR) is 112 cm³/mol. The Kier molecular flexibility index (Phi) is 5.48. The summed E-state index contributed by atoms with van der Waals surface area (Å²) in [7, 11) is 0. The molecule has 4 rings (SSSR count). The molecule has 3 aromatic rings. The molecule has 7 heteroatoms. The third-order valence-corrected chi connectivity index (χ3v) is 4.88. The molecule has 1 aliphatic heterocycles. The highest BCUT2D eigenvalue weighted by Gasteiger charge is 2.38. The number of halogens is 1. The number of nitrogens with zero attached hydrogens (tertiary/aromatic N) is 1. The normalized spacial score (nSPS) is 17.8. The Morgan fingerprint density at radius 1 is 1.00 bits per heavy atom. The highest BCUT2D eigenvalue weighted by molar-refractivity contribution is 9.10. The molecular formula is C22H17BrN2O4. The van der Waals surface area contributed by atoms with E-state index < -0.39 is 18.1 Å². The van der Waals surface area contributed by atoms with E-state index in [4.69, 9.17) is 9.47 Å². The van der Waals surface area contributed by atoms with Crippen LogP contribution in [0.4, 0.5) is 0 Å². The van der Waals surface area contributed by atoms with E-state index in [-0.39, 0.29) is 5.75 Å². The van der Waals surface area contributed by atoms with Crippen molar-refractivity contribution in [2.45, 2.75) is 12.2 Å². The molecule has 0 fully saturated rings. The first-order valence-electron chi connectivity index (χ1n) is 8.90. The Labute approximate surface area is 175 Å². The lowest BCUT2D eigenvalue weighted by Crippen LogP contribution is -2.44. The number of rotatable bonds is 4. The molecule has 0 saturated heterocycles. The number of hydrogen-bond donors (Lipinski definition) is 2. The summed E-state index contributed by atoms with van der Waals surface area (Å²) in [5.41, 5.74) is 3.76. The summed E-state index contributed by atoms with van der Waals surface area (Å²) in [6.45, 7) is 0. The quantitative estimate of drug-likeness (QED) is 0.459. The van der Waals surface area contributed by atoms with E-state index in [1.54, 1.807) is 24.3 Å². The van der Waals surface area contributed by atoms with Crippen LogP contribution in [0.5, 0.6) is 17.2 Å². The molecule has 0 unspecified atom stereocenters. The van der Waals surface area contributed by atoms with E-state index in [9.17, 15) is 9.90 Å². The van der Waals surface area contributed by atoms with Crippen LogP contribution in [0.15, 0.2) is 82.4 Å². The second kappa shape index (κ2) is 8.36. The molecule has 6 nitrogen and oxygen atoms in total. The zero-order chi connectivity index (χ0) is 20.2. The first-order valence-corrected chi connectivity index (χ1v) is 9.70. The van der Waals surface area contributed by atoms with Gasteiger partial charge in [-0.05, 0) is 35.9 Å².